The van der Waals surface area contributed by atoms with Crippen LogP contribution in [0, 0.1) is 0 Å². The Balaban J connectivity index is 1.47. The quantitative estimate of drug-likeness (QED) is 0.426. The Morgan fingerprint density at radius 3 is 2.90 bits per heavy atom. The summed E-state index contributed by atoms with van der Waals surface area (Å²) in [4.78, 5) is 46.2. The third-order valence-corrected chi connectivity index (χ3v) is 5.51. The smallest absolute Gasteiger partial charge is 0.326 e. The first-order chi connectivity index (χ1) is 15.0. The van der Waals surface area contributed by atoms with Gasteiger partial charge in [0.05, 0.1) is 0 Å². The Labute approximate surface area is 177 Å². The van der Waals surface area contributed by atoms with Gasteiger partial charge in [0.1, 0.15) is 18.3 Å². The normalized spacial score (nSPS) is 17.1. The van der Waals surface area contributed by atoms with E-state index >= 15 is 0 Å². The Morgan fingerprint density at radius 2 is 2.16 bits per heavy atom. The average molecular weight is 426 g/mol. The van der Waals surface area contributed by atoms with Crippen molar-refractivity contribution in [2.45, 2.75) is 37.9 Å². The third kappa shape index (κ3) is 4.15. The molecule has 10 nitrogen and oxygen atoms in total. The maximum Gasteiger partial charge on any atom is 0.326 e. The highest BCUT2D eigenvalue weighted by Gasteiger charge is 2.37. The van der Waals surface area contributed by atoms with Crippen molar-refractivity contribution >= 4 is 28.7 Å². The summed E-state index contributed by atoms with van der Waals surface area (Å²) in [7, 11) is 0. The number of oxazole rings is 1. The van der Waals surface area contributed by atoms with Crippen LogP contribution in [-0.2, 0) is 22.6 Å². The van der Waals surface area contributed by atoms with Gasteiger partial charge in [0.25, 0.3) is 11.8 Å². The molecule has 0 aliphatic carbocycles. The first kappa shape index (κ1) is 20.6. The second-order valence-electron chi connectivity index (χ2n) is 7.50. The molecule has 3 aromatic rings. The Kier molecular flexibility index (Phi) is 5.72. The average Bonchev–Trinajstić information content (AvgIpc) is 3.52. The summed E-state index contributed by atoms with van der Waals surface area (Å²) in [6.07, 6.45) is 4.24. The molecule has 1 aliphatic heterocycles. The Hall–Kier alpha value is -3.66. The van der Waals surface area contributed by atoms with Gasteiger partial charge >= 0.3 is 5.97 Å². The lowest BCUT2D eigenvalue weighted by Crippen LogP contribution is -2.51. The number of carbonyl (C=O) groups is 3. The highest BCUT2D eigenvalue weighted by Crippen LogP contribution is 2.22. The largest absolute Gasteiger partial charge is 0.480 e. The number of H-pyrrole nitrogens is 1. The molecule has 31 heavy (non-hydrogen) atoms. The molecule has 1 aliphatic rings. The van der Waals surface area contributed by atoms with Gasteiger partial charge in [0.2, 0.25) is 5.91 Å². The van der Waals surface area contributed by atoms with Gasteiger partial charge < -0.3 is 30.5 Å². The van der Waals surface area contributed by atoms with Crippen molar-refractivity contribution in [2.24, 2.45) is 0 Å². The lowest BCUT2D eigenvalue weighted by atomic mass is 10.0. The van der Waals surface area contributed by atoms with E-state index in [2.05, 4.69) is 21.0 Å². The van der Waals surface area contributed by atoms with Crippen molar-refractivity contribution < 1.29 is 29.6 Å². The molecule has 2 unspecified atom stereocenters. The molecule has 162 valence electrons. The van der Waals surface area contributed by atoms with Crippen LogP contribution in [0.25, 0.3) is 10.9 Å². The van der Waals surface area contributed by atoms with Crippen molar-refractivity contribution in [1.82, 2.24) is 20.2 Å². The summed E-state index contributed by atoms with van der Waals surface area (Å²) in [5.74, 6) is -1.69. The summed E-state index contributed by atoms with van der Waals surface area (Å²) in [5, 5.41) is 13.2. The molecule has 0 radical (unpaired) electrons. The third-order valence-electron chi connectivity index (χ3n) is 5.51. The van der Waals surface area contributed by atoms with E-state index in [1.807, 2.05) is 24.3 Å². The number of likely N-dealkylation sites (tertiary alicyclic amines) is 1. The molecule has 1 aromatic carbocycles. The zero-order valence-corrected chi connectivity index (χ0v) is 16.8. The number of benzene rings is 1. The summed E-state index contributed by atoms with van der Waals surface area (Å²) >= 11 is 0. The van der Waals surface area contributed by atoms with E-state index in [0.717, 1.165) is 16.5 Å². The number of carbonyl (C=O) groups excluding carboxylic acids is 2. The zero-order valence-electron chi connectivity index (χ0n) is 16.8. The monoisotopic (exact) mass is 426 g/mol. The van der Waals surface area contributed by atoms with Crippen LogP contribution in [0.1, 0.15) is 34.8 Å². The fourth-order valence-electron chi connectivity index (χ4n) is 3.94. The van der Waals surface area contributed by atoms with Crippen LogP contribution < -0.4 is 11.1 Å². The Bertz CT molecular complexity index is 1120. The number of carboxylic acid groups (broad SMARTS) is 1. The number of aliphatic carboxylic acids is 1. The minimum absolute atomic E-state index is 0.118. The molecular weight excluding hydrogens is 402 g/mol. The van der Waals surface area contributed by atoms with E-state index in [1.165, 1.54) is 11.2 Å². The minimum Gasteiger partial charge on any atom is -0.480 e. The SMILES string of the molecule is [NH3+]Cc1nc(C(=O)N2CCCC2C(=O)NC(Cc2c[nH]c3ccccc23)C(=O)O)co1. The van der Waals surface area contributed by atoms with Gasteiger partial charge in [-0.3, -0.25) is 9.59 Å². The Morgan fingerprint density at radius 1 is 1.35 bits per heavy atom. The lowest BCUT2D eigenvalue weighted by Gasteiger charge is -2.24. The van der Waals surface area contributed by atoms with Crippen molar-refractivity contribution in [3.05, 3.63) is 53.9 Å². The summed E-state index contributed by atoms with van der Waals surface area (Å²) in [6, 6.07) is 5.70. The van der Waals surface area contributed by atoms with E-state index in [-0.39, 0.29) is 12.1 Å². The first-order valence-corrected chi connectivity index (χ1v) is 10.1. The summed E-state index contributed by atoms with van der Waals surface area (Å²) < 4.78 is 5.18. The number of aromatic amines is 1. The maximum atomic E-state index is 12.9. The number of carboxylic acids is 1. The first-order valence-electron chi connectivity index (χ1n) is 10.1. The molecule has 0 bridgehead atoms. The predicted molar refractivity (Wildman–Crippen MR) is 109 cm³/mol. The second kappa shape index (κ2) is 8.60. The molecule has 0 saturated carbocycles. The molecule has 6 N–H and O–H groups in total. The van der Waals surface area contributed by atoms with Crippen LogP contribution in [0.5, 0.6) is 0 Å². The lowest BCUT2D eigenvalue weighted by molar-refractivity contribution is -0.391. The minimum atomic E-state index is -1.13. The van der Waals surface area contributed by atoms with Gasteiger partial charge in [-0.2, -0.15) is 0 Å². The zero-order chi connectivity index (χ0) is 22.0. The highest BCUT2D eigenvalue weighted by molar-refractivity contribution is 5.97. The van der Waals surface area contributed by atoms with Crippen LogP contribution in [0.2, 0.25) is 0 Å². The highest BCUT2D eigenvalue weighted by atomic mass is 16.4. The van der Waals surface area contributed by atoms with Gasteiger partial charge in [-0.05, 0) is 24.5 Å². The van der Waals surface area contributed by atoms with Crippen molar-refractivity contribution in [3.8, 4) is 0 Å². The van der Waals surface area contributed by atoms with Crippen LogP contribution in [0.4, 0.5) is 0 Å². The number of para-hydroxylation sites is 1. The number of rotatable bonds is 7. The standard InChI is InChI=1S/C21H23N5O5/c22-9-18-24-16(11-31-18)20(28)26-7-3-6-17(26)19(27)25-15(21(29)30)8-12-10-23-14-5-2-1-4-13(12)14/h1-2,4-5,10-11,15,17,23H,3,6-9,22H2,(H,25,27)(H,29,30)/p+1. The number of hydrogen-bond acceptors (Lipinski definition) is 5. The van der Waals surface area contributed by atoms with Crippen molar-refractivity contribution in [3.63, 3.8) is 0 Å². The number of nitrogens with zero attached hydrogens (tertiary/aromatic N) is 2. The molecule has 0 spiro atoms. The number of fused-ring (bicyclic) bond motifs is 1. The van der Waals surface area contributed by atoms with E-state index in [4.69, 9.17) is 4.42 Å². The molecular formula is C21H24N5O5+. The second-order valence-corrected chi connectivity index (χ2v) is 7.50. The van der Waals surface area contributed by atoms with E-state index in [9.17, 15) is 19.5 Å². The number of hydrogen-bond donors (Lipinski definition) is 4. The number of amides is 2. The van der Waals surface area contributed by atoms with Crippen LogP contribution in [0.15, 0.2) is 41.1 Å². The predicted octanol–water partition coefficient (Wildman–Crippen LogP) is 0.315. The fraction of sp³-hybridized carbons (Fsp3) is 0.333. The van der Waals surface area contributed by atoms with E-state index in [0.29, 0.717) is 31.8 Å². The van der Waals surface area contributed by atoms with Crippen LogP contribution in [0.3, 0.4) is 0 Å². The summed E-state index contributed by atoms with van der Waals surface area (Å²) in [5.41, 5.74) is 5.48. The molecule has 10 heteroatoms. The number of nitrogens with one attached hydrogen (secondary N) is 2. The topological polar surface area (TPSA) is 156 Å². The van der Waals surface area contributed by atoms with Crippen LogP contribution in [-0.4, -0.2) is 56.4 Å². The molecule has 3 heterocycles. The molecule has 1 fully saturated rings. The number of quaternary nitrogens is 1. The molecule has 4 rings (SSSR count). The van der Waals surface area contributed by atoms with Gasteiger partial charge in [-0.25, -0.2) is 9.78 Å². The van der Waals surface area contributed by atoms with E-state index < -0.39 is 29.9 Å². The molecule has 1 saturated heterocycles. The molecule has 2 atom stereocenters. The van der Waals surface area contributed by atoms with Crippen molar-refractivity contribution in [1.29, 1.82) is 0 Å². The van der Waals surface area contributed by atoms with Gasteiger partial charge in [-0.1, -0.05) is 18.2 Å². The molecule has 2 aromatic heterocycles. The fourth-order valence-corrected chi connectivity index (χ4v) is 3.94. The van der Waals surface area contributed by atoms with Gasteiger partial charge in [0.15, 0.2) is 12.2 Å². The van der Waals surface area contributed by atoms with Gasteiger partial charge in [0, 0.05) is 30.1 Å². The summed E-state index contributed by atoms with van der Waals surface area (Å²) in [6.45, 7) is 0.703. The maximum absolute atomic E-state index is 12.9. The number of aromatic nitrogens is 2. The van der Waals surface area contributed by atoms with Crippen LogP contribution >= 0.6 is 0 Å². The van der Waals surface area contributed by atoms with E-state index in [1.54, 1.807) is 6.20 Å². The van der Waals surface area contributed by atoms with Gasteiger partial charge in [-0.15, -0.1) is 0 Å². The van der Waals surface area contributed by atoms with Crippen molar-refractivity contribution in [2.75, 3.05) is 6.54 Å². The molecule has 2 amide bonds.